The summed E-state index contributed by atoms with van der Waals surface area (Å²) >= 11 is 9.52. The summed E-state index contributed by atoms with van der Waals surface area (Å²) in [4.78, 5) is -0.330. The quantitative estimate of drug-likeness (QED) is 0.611. The molecule has 0 bridgehead atoms. The summed E-state index contributed by atoms with van der Waals surface area (Å²) in [6.07, 6.45) is 0. The molecular weight excluding hydrogens is 334 g/mol. The summed E-state index contributed by atoms with van der Waals surface area (Å²) in [5.74, 6) is -1.14. The zero-order valence-electron chi connectivity index (χ0n) is 10.5. The number of hydrogen-bond donors (Lipinski definition) is 0. The van der Waals surface area contributed by atoms with Gasteiger partial charge in [0.25, 0.3) is 0 Å². The van der Waals surface area contributed by atoms with Crippen molar-refractivity contribution in [2.75, 3.05) is 0 Å². The number of hydrogen-bond acceptors (Lipinski definition) is 0. The van der Waals surface area contributed by atoms with Crippen molar-refractivity contribution in [3.63, 3.8) is 0 Å². The van der Waals surface area contributed by atoms with Crippen molar-refractivity contribution in [3.8, 4) is 0 Å². The summed E-state index contributed by atoms with van der Waals surface area (Å²) in [6, 6.07) is 7.36. The van der Waals surface area contributed by atoms with Crippen LogP contribution in [0.25, 0.3) is 0 Å². The molecule has 2 aromatic carbocycles. The Balaban J connectivity index is 2.49. The molecule has 4 heteroatoms. The largest absolute Gasteiger partial charge is 0.207 e. The third-order valence-corrected chi connectivity index (χ3v) is 4.45. The highest BCUT2D eigenvalue weighted by molar-refractivity contribution is 9.09. The molecule has 0 nitrogen and oxygen atoms in total. The molecule has 0 aliphatic carbocycles. The molecule has 0 saturated heterocycles. The second kappa shape index (κ2) is 5.59. The summed E-state index contributed by atoms with van der Waals surface area (Å²) < 4.78 is 26.7. The minimum absolute atomic E-state index is 0.330. The van der Waals surface area contributed by atoms with Gasteiger partial charge < -0.3 is 0 Å². The average molecular weight is 346 g/mol. The molecule has 1 atom stereocenters. The minimum Gasteiger partial charge on any atom is -0.207 e. The standard InChI is InChI=1S/C15H12BrClF2/c1-8-6-13(17)9(2)5-12(8)15(16)11-4-3-10(18)7-14(11)19/h3-7,15H,1-2H3. The summed E-state index contributed by atoms with van der Waals surface area (Å²) in [7, 11) is 0. The molecule has 100 valence electrons. The van der Waals surface area contributed by atoms with Gasteiger partial charge >= 0.3 is 0 Å². The van der Waals surface area contributed by atoms with E-state index in [4.69, 9.17) is 11.6 Å². The monoisotopic (exact) mass is 344 g/mol. The molecular formula is C15H12BrClF2. The second-order valence-electron chi connectivity index (χ2n) is 4.49. The second-order valence-corrected chi connectivity index (χ2v) is 5.81. The van der Waals surface area contributed by atoms with E-state index in [1.165, 1.54) is 12.1 Å². The van der Waals surface area contributed by atoms with Crippen LogP contribution in [0, 0.1) is 25.5 Å². The molecule has 0 aliphatic rings. The lowest BCUT2D eigenvalue weighted by atomic mass is 9.98. The highest BCUT2D eigenvalue weighted by Crippen LogP contribution is 2.36. The fourth-order valence-electron chi connectivity index (χ4n) is 1.95. The Bertz CT molecular complexity index is 626. The van der Waals surface area contributed by atoms with Crippen LogP contribution in [0.15, 0.2) is 30.3 Å². The summed E-state index contributed by atoms with van der Waals surface area (Å²) in [6.45, 7) is 3.81. The minimum atomic E-state index is -0.579. The van der Waals surface area contributed by atoms with E-state index < -0.39 is 11.6 Å². The van der Waals surface area contributed by atoms with E-state index in [1.54, 1.807) is 0 Å². The van der Waals surface area contributed by atoms with Crippen molar-refractivity contribution in [3.05, 3.63) is 69.2 Å². The van der Waals surface area contributed by atoms with Crippen LogP contribution in [0.2, 0.25) is 5.02 Å². The van der Waals surface area contributed by atoms with E-state index in [9.17, 15) is 8.78 Å². The average Bonchev–Trinajstić information content (AvgIpc) is 2.33. The highest BCUT2D eigenvalue weighted by atomic mass is 79.9. The van der Waals surface area contributed by atoms with Gasteiger partial charge in [-0.2, -0.15) is 0 Å². The van der Waals surface area contributed by atoms with Crippen molar-refractivity contribution in [2.45, 2.75) is 18.7 Å². The number of halogens is 4. The fraction of sp³-hybridized carbons (Fsp3) is 0.200. The van der Waals surface area contributed by atoms with E-state index in [2.05, 4.69) is 15.9 Å². The predicted molar refractivity (Wildman–Crippen MR) is 78.1 cm³/mol. The normalized spacial score (nSPS) is 12.5. The lowest BCUT2D eigenvalue weighted by Crippen LogP contribution is -2.00. The molecule has 0 radical (unpaired) electrons. The fourth-order valence-corrected chi connectivity index (χ4v) is 3.03. The van der Waals surface area contributed by atoms with Crippen molar-refractivity contribution >= 4 is 27.5 Å². The van der Waals surface area contributed by atoms with Crippen molar-refractivity contribution in [1.82, 2.24) is 0 Å². The maximum Gasteiger partial charge on any atom is 0.130 e. The third kappa shape index (κ3) is 2.98. The molecule has 0 saturated carbocycles. The molecule has 1 unspecified atom stereocenters. The zero-order chi connectivity index (χ0) is 14.2. The lowest BCUT2D eigenvalue weighted by molar-refractivity contribution is 0.574. The molecule has 19 heavy (non-hydrogen) atoms. The Hall–Kier alpha value is -0.930. The first-order chi connectivity index (χ1) is 8.90. The van der Waals surface area contributed by atoms with Gasteiger partial charge in [0.05, 0.1) is 4.83 Å². The van der Waals surface area contributed by atoms with Gasteiger partial charge in [0.15, 0.2) is 0 Å². The molecule has 0 fully saturated rings. The van der Waals surface area contributed by atoms with Crippen LogP contribution in [-0.4, -0.2) is 0 Å². The maximum atomic E-state index is 13.8. The van der Waals surface area contributed by atoms with Crippen LogP contribution >= 0.6 is 27.5 Å². The van der Waals surface area contributed by atoms with Crippen molar-refractivity contribution in [1.29, 1.82) is 0 Å². The third-order valence-electron chi connectivity index (χ3n) is 3.06. The molecule has 0 aromatic heterocycles. The Labute approximate surface area is 124 Å². The van der Waals surface area contributed by atoms with Gasteiger partial charge in [-0.05, 0) is 42.7 Å². The van der Waals surface area contributed by atoms with Crippen LogP contribution in [0.5, 0.6) is 0 Å². The van der Waals surface area contributed by atoms with Gasteiger partial charge in [-0.1, -0.05) is 39.7 Å². The first-order valence-corrected chi connectivity index (χ1v) is 7.05. The molecule has 0 spiro atoms. The molecule has 0 heterocycles. The van der Waals surface area contributed by atoms with E-state index in [-0.39, 0.29) is 4.83 Å². The molecule has 0 N–H and O–H groups in total. The van der Waals surface area contributed by atoms with Gasteiger partial charge in [0.2, 0.25) is 0 Å². The number of aryl methyl sites for hydroxylation is 2. The van der Waals surface area contributed by atoms with Crippen LogP contribution in [0.1, 0.15) is 27.1 Å². The SMILES string of the molecule is Cc1cc(C(Br)c2ccc(F)cc2F)c(C)cc1Cl. The molecule has 0 aliphatic heterocycles. The van der Waals surface area contributed by atoms with Crippen LogP contribution in [0.4, 0.5) is 8.78 Å². The van der Waals surface area contributed by atoms with E-state index in [0.29, 0.717) is 10.6 Å². The predicted octanol–water partition coefficient (Wildman–Crippen LogP) is 5.72. The topological polar surface area (TPSA) is 0 Å². The Morgan fingerprint density at radius 2 is 1.68 bits per heavy atom. The molecule has 2 aromatic rings. The van der Waals surface area contributed by atoms with Gasteiger partial charge in [-0.15, -0.1) is 0 Å². The van der Waals surface area contributed by atoms with Crippen LogP contribution < -0.4 is 0 Å². The van der Waals surface area contributed by atoms with Crippen LogP contribution in [0.3, 0.4) is 0 Å². The van der Waals surface area contributed by atoms with Crippen molar-refractivity contribution < 1.29 is 8.78 Å². The number of alkyl halides is 1. The maximum absolute atomic E-state index is 13.8. The Morgan fingerprint density at radius 3 is 2.32 bits per heavy atom. The number of benzene rings is 2. The summed E-state index contributed by atoms with van der Waals surface area (Å²) in [5.41, 5.74) is 3.22. The molecule has 0 amide bonds. The van der Waals surface area contributed by atoms with E-state index in [0.717, 1.165) is 22.8 Å². The Kier molecular flexibility index (Phi) is 4.26. The lowest BCUT2D eigenvalue weighted by Gasteiger charge is -2.16. The van der Waals surface area contributed by atoms with Gasteiger partial charge in [-0.25, -0.2) is 8.78 Å². The first kappa shape index (κ1) is 14.5. The van der Waals surface area contributed by atoms with Gasteiger partial charge in [0.1, 0.15) is 11.6 Å². The number of rotatable bonds is 2. The Morgan fingerprint density at radius 1 is 1.00 bits per heavy atom. The summed E-state index contributed by atoms with van der Waals surface area (Å²) in [5, 5.41) is 0.681. The smallest absolute Gasteiger partial charge is 0.130 e. The first-order valence-electron chi connectivity index (χ1n) is 5.76. The van der Waals surface area contributed by atoms with Gasteiger partial charge in [-0.3, -0.25) is 0 Å². The highest BCUT2D eigenvalue weighted by Gasteiger charge is 2.18. The molecule has 2 rings (SSSR count). The zero-order valence-corrected chi connectivity index (χ0v) is 12.8. The van der Waals surface area contributed by atoms with Gasteiger partial charge in [0, 0.05) is 16.7 Å². The van der Waals surface area contributed by atoms with E-state index in [1.807, 2.05) is 26.0 Å². The van der Waals surface area contributed by atoms with Crippen molar-refractivity contribution in [2.24, 2.45) is 0 Å². The van der Waals surface area contributed by atoms with Crippen LogP contribution in [-0.2, 0) is 0 Å². The van der Waals surface area contributed by atoms with E-state index >= 15 is 0 Å².